The van der Waals surface area contributed by atoms with E-state index < -0.39 is 0 Å². The van der Waals surface area contributed by atoms with E-state index in [1.165, 1.54) is 20.4 Å². The molecule has 0 bridgehead atoms. The second-order valence-corrected chi connectivity index (χ2v) is 6.97. The lowest BCUT2D eigenvalue weighted by atomic mass is 10.0. The van der Waals surface area contributed by atoms with Gasteiger partial charge in [-0.25, -0.2) is 9.97 Å². The number of anilines is 1. The Labute approximate surface area is 183 Å². The molecule has 0 aliphatic carbocycles. The third-order valence-electron chi connectivity index (χ3n) is 4.37. The highest BCUT2D eigenvalue weighted by Crippen LogP contribution is 2.45. The predicted octanol–water partition coefficient (Wildman–Crippen LogP) is 3.68. The zero-order valence-electron chi connectivity index (χ0n) is 16.6. The number of nitrogens with two attached hydrogens (primary N) is 2. The van der Waals surface area contributed by atoms with Crippen molar-refractivity contribution in [3.05, 3.63) is 45.8 Å². The molecular weight excluding hydrogens is 427 g/mol. The first-order valence-corrected chi connectivity index (χ1v) is 9.54. The number of aromatic nitrogens is 3. The van der Waals surface area contributed by atoms with Gasteiger partial charge in [-0.05, 0) is 17.8 Å². The molecule has 0 saturated carbocycles. The largest absolute Gasteiger partial charge is 0.495 e. The van der Waals surface area contributed by atoms with E-state index in [1.807, 2.05) is 0 Å². The Hall–Kier alpha value is -3.10. The molecule has 8 nitrogen and oxygen atoms in total. The van der Waals surface area contributed by atoms with Crippen LogP contribution in [0.3, 0.4) is 0 Å². The van der Waals surface area contributed by atoms with Gasteiger partial charge in [-0.3, -0.25) is 9.98 Å². The van der Waals surface area contributed by atoms with E-state index >= 15 is 0 Å². The first kappa shape index (κ1) is 21.6. The predicted molar refractivity (Wildman–Crippen MR) is 121 cm³/mol. The van der Waals surface area contributed by atoms with Gasteiger partial charge in [0.05, 0.1) is 41.2 Å². The number of halogens is 2. The number of hydrogen-bond donors (Lipinski definition) is 2. The van der Waals surface area contributed by atoms with E-state index in [0.717, 1.165) is 5.57 Å². The summed E-state index contributed by atoms with van der Waals surface area (Å²) in [5.74, 6) is 0.955. The second-order valence-electron chi connectivity index (χ2n) is 6.21. The van der Waals surface area contributed by atoms with Crippen LogP contribution in [0.4, 0.5) is 5.95 Å². The maximum atomic E-state index is 6.58. The summed E-state index contributed by atoms with van der Waals surface area (Å²) >= 11 is 13.2. The van der Waals surface area contributed by atoms with Crippen LogP contribution in [-0.4, -0.2) is 42.4 Å². The van der Waals surface area contributed by atoms with E-state index in [4.69, 9.17) is 49.1 Å². The molecule has 2 aromatic heterocycles. The van der Waals surface area contributed by atoms with Crippen molar-refractivity contribution >= 4 is 46.3 Å². The molecule has 0 spiro atoms. The van der Waals surface area contributed by atoms with Crippen LogP contribution in [0.25, 0.3) is 22.2 Å². The number of benzene rings is 1. The molecule has 0 aliphatic rings. The fraction of sp³-hybridized carbons (Fsp3) is 0.200. The van der Waals surface area contributed by atoms with Crippen molar-refractivity contribution in [3.63, 3.8) is 0 Å². The zero-order chi connectivity index (χ0) is 21.8. The summed E-state index contributed by atoms with van der Waals surface area (Å²) in [7, 11) is 4.68. The maximum absolute atomic E-state index is 6.58. The molecule has 156 valence electrons. The smallest absolute Gasteiger partial charge is 0.220 e. The van der Waals surface area contributed by atoms with E-state index in [2.05, 4.69) is 15.0 Å². The van der Waals surface area contributed by atoms with Gasteiger partial charge in [0.1, 0.15) is 11.5 Å². The lowest BCUT2D eigenvalue weighted by Gasteiger charge is -2.16. The summed E-state index contributed by atoms with van der Waals surface area (Å²) in [5.41, 5.74) is 14.5. The molecule has 0 unspecified atom stereocenters. The highest BCUT2D eigenvalue weighted by molar-refractivity contribution is 6.41. The Morgan fingerprint density at radius 1 is 1.13 bits per heavy atom. The fourth-order valence-corrected chi connectivity index (χ4v) is 3.68. The number of pyridine rings is 1. The van der Waals surface area contributed by atoms with Crippen LogP contribution >= 0.6 is 23.2 Å². The first-order valence-electron chi connectivity index (χ1n) is 8.78. The van der Waals surface area contributed by atoms with Crippen molar-refractivity contribution in [2.24, 2.45) is 10.7 Å². The van der Waals surface area contributed by atoms with Crippen molar-refractivity contribution in [3.8, 4) is 22.8 Å². The fourth-order valence-electron chi connectivity index (χ4n) is 2.99. The lowest BCUT2D eigenvalue weighted by Crippen LogP contribution is -2.04. The van der Waals surface area contributed by atoms with Crippen molar-refractivity contribution < 1.29 is 9.47 Å². The highest BCUT2D eigenvalue weighted by Gasteiger charge is 2.21. The van der Waals surface area contributed by atoms with Gasteiger partial charge < -0.3 is 20.9 Å². The van der Waals surface area contributed by atoms with Gasteiger partial charge in [0.2, 0.25) is 5.95 Å². The highest BCUT2D eigenvalue weighted by atomic mass is 35.5. The molecule has 0 amide bonds. The Morgan fingerprint density at radius 3 is 2.37 bits per heavy atom. The quantitative estimate of drug-likeness (QED) is 0.553. The average molecular weight is 447 g/mol. The Kier molecular flexibility index (Phi) is 6.59. The molecule has 10 heteroatoms. The molecule has 0 saturated heterocycles. The Bertz CT molecular complexity index is 1140. The number of methoxy groups -OCH3 is 2. The standard InChI is InChI=1S/C20H20Cl2N6O2/c1-25-8-10(7-23)4-13-19-11(9-26-20(24)28-19)5-12(27-13)16-17(21)14(29-2)6-15(30-3)18(16)22/h5-9H,4,23H2,1-3H3,(H2,24,26,28). The molecule has 0 radical (unpaired) electrons. The van der Waals surface area contributed by atoms with Crippen LogP contribution in [0.1, 0.15) is 5.69 Å². The molecule has 1 aromatic carbocycles. The summed E-state index contributed by atoms with van der Waals surface area (Å²) in [6, 6.07) is 3.40. The molecule has 3 rings (SSSR count). The van der Waals surface area contributed by atoms with Crippen molar-refractivity contribution in [1.82, 2.24) is 15.0 Å². The number of ether oxygens (including phenoxy) is 2. The number of hydrogen-bond acceptors (Lipinski definition) is 8. The number of nitrogens with zero attached hydrogens (tertiary/aromatic N) is 4. The molecule has 0 atom stereocenters. The zero-order valence-corrected chi connectivity index (χ0v) is 18.1. The SMILES string of the molecule is CN=CC(=CN)Cc1nc(-c2c(Cl)c(OC)cc(OC)c2Cl)cc2cnc(N)nc12. The van der Waals surface area contributed by atoms with E-state index in [9.17, 15) is 0 Å². The minimum atomic E-state index is 0.139. The van der Waals surface area contributed by atoms with Crippen molar-refractivity contribution in [2.45, 2.75) is 6.42 Å². The number of fused-ring (bicyclic) bond motifs is 1. The van der Waals surface area contributed by atoms with Crippen LogP contribution in [0.2, 0.25) is 10.0 Å². The number of nitrogen functional groups attached to an aromatic ring is 1. The Morgan fingerprint density at radius 2 is 1.80 bits per heavy atom. The number of aliphatic imine (C=N–C) groups is 1. The van der Waals surface area contributed by atoms with E-state index in [0.29, 0.717) is 55.8 Å². The molecule has 4 N–H and O–H groups in total. The van der Waals surface area contributed by atoms with Crippen LogP contribution in [0.15, 0.2) is 35.1 Å². The van der Waals surface area contributed by atoms with Gasteiger partial charge in [0.15, 0.2) is 0 Å². The van der Waals surface area contributed by atoms with Gasteiger partial charge in [0.25, 0.3) is 0 Å². The minimum Gasteiger partial charge on any atom is -0.495 e. The summed E-state index contributed by atoms with van der Waals surface area (Å²) in [6.45, 7) is 0. The topological polar surface area (TPSA) is 122 Å². The minimum absolute atomic E-state index is 0.139. The molecule has 0 fully saturated rings. The van der Waals surface area contributed by atoms with Crippen LogP contribution in [-0.2, 0) is 6.42 Å². The van der Waals surface area contributed by atoms with Gasteiger partial charge in [-0.2, -0.15) is 0 Å². The van der Waals surface area contributed by atoms with Gasteiger partial charge in [-0.15, -0.1) is 0 Å². The van der Waals surface area contributed by atoms with Crippen LogP contribution in [0.5, 0.6) is 11.5 Å². The lowest BCUT2D eigenvalue weighted by molar-refractivity contribution is 0.395. The van der Waals surface area contributed by atoms with E-state index in [-0.39, 0.29) is 5.95 Å². The van der Waals surface area contributed by atoms with Gasteiger partial charge in [-0.1, -0.05) is 23.2 Å². The summed E-state index contributed by atoms with van der Waals surface area (Å²) in [6.07, 6.45) is 5.10. The molecule has 3 aromatic rings. The van der Waals surface area contributed by atoms with Gasteiger partial charge >= 0.3 is 0 Å². The summed E-state index contributed by atoms with van der Waals surface area (Å²) in [4.78, 5) is 17.2. The average Bonchev–Trinajstić information content (AvgIpc) is 2.74. The van der Waals surface area contributed by atoms with Crippen LogP contribution < -0.4 is 20.9 Å². The van der Waals surface area contributed by atoms with Crippen molar-refractivity contribution in [2.75, 3.05) is 27.0 Å². The second kappa shape index (κ2) is 9.15. The Balaban J connectivity index is 2.32. The first-order chi connectivity index (χ1) is 14.4. The molecular formula is C20H20Cl2N6O2. The normalized spacial score (nSPS) is 12.0. The van der Waals surface area contributed by atoms with Gasteiger partial charge in [0, 0.05) is 42.9 Å². The monoisotopic (exact) mass is 446 g/mol. The maximum Gasteiger partial charge on any atom is 0.220 e. The molecule has 2 heterocycles. The van der Waals surface area contributed by atoms with E-state index in [1.54, 1.807) is 31.6 Å². The summed E-state index contributed by atoms with van der Waals surface area (Å²) < 4.78 is 10.7. The number of allylic oxidation sites excluding steroid dienone is 1. The van der Waals surface area contributed by atoms with Crippen LogP contribution in [0, 0.1) is 0 Å². The summed E-state index contributed by atoms with van der Waals surface area (Å²) in [5, 5.41) is 1.33. The number of rotatable bonds is 6. The third kappa shape index (κ3) is 4.10. The van der Waals surface area contributed by atoms with Crippen molar-refractivity contribution in [1.29, 1.82) is 0 Å². The molecule has 30 heavy (non-hydrogen) atoms. The third-order valence-corrected chi connectivity index (χ3v) is 5.12. The molecule has 0 aliphatic heterocycles.